The second kappa shape index (κ2) is 9.46. The van der Waals surface area contributed by atoms with Crippen molar-refractivity contribution < 1.29 is 5.21 Å². The van der Waals surface area contributed by atoms with Gasteiger partial charge in [-0.1, -0.05) is 44.2 Å². The maximum atomic E-state index is 8.56. The van der Waals surface area contributed by atoms with Gasteiger partial charge in [0.05, 0.1) is 6.04 Å². The molecule has 0 spiro atoms. The lowest BCUT2D eigenvalue weighted by molar-refractivity contribution is 0.279. The van der Waals surface area contributed by atoms with Crippen LogP contribution in [0.1, 0.15) is 52.4 Å². The molecule has 0 aliphatic rings. The minimum absolute atomic E-state index is 0.0145. The van der Waals surface area contributed by atoms with E-state index in [0.29, 0.717) is 0 Å². The van der Waals surface area contributed by atoms with Gasteiger partial charge in [0.1, 0.15) is 0 Å². The third kappa shape index (κ3) is 6.67. The van der Waals surface area contributed by atoms with Gasteiger partial charge in [0.15, 0.2) is 5.84 Å². The fourth-order valence-electron chi connectivity index (χ4n) is 1.64. The molecule has 0 aromatic carbocycles. The smallest absolute Gasteiger partial charge is 0.156 e. The zero-order valence-corrected chi connectivity index (χ0v) is 10.9. The lowest BCUT2D eigenvalue weighted by Gasteiger charge is -2.23. The Morgan fingerprint density at radius 3 is 2.38 bits per heavy atom. The first-order valence-electron chi connectivity index (χ1n) is 6.31. The van der Waals surface area contributed by atoms with Crippen molar-refractivity contribution in [2.45, 2.75) is 58.4 Å². The van der Waals surface area contributed by atoms with Crippen LogP contribution in [0.2, 0.25) is 0 Å². The van der Waals surface area contributed by atoms with Crippen LogP contribution >= 0.6 is 0 Å². The Morgan fingerprint density at radius 2 is 1.81 bits per heavy atom. The van der Waals surface area contributed by atoms with Crippen LogP contribution in [0.15, 0.2) is 5.16 Å². The Labute approximate surface area is 99.5 Å². The minimum atomic E-state index is 0.0145. The van der Waals surface area contributed by atoms with Crippen LogP contribution in [0, 0.1) is 0 Å². The van der Waals surface area contributed by atoms with Crippen LogP contribution < -0.4 is 5.73 Å². The van der Waals surface area contributed by atoms with E-state index in [4.69, 9.17) is 10.9 Å². The fourth-order valence-corrected chi connectivity index (χ4v) is 1.64. The average Bonchev–Trinajstić information content (AvgIpc) is 2.31. The average molecular weight is 229 g/mol. The van der Waals surface area contributed by atoms with Crippen molar-refractivity contribution in [2.75, 3.05) is 13.6 Å². The number of nitrogens with zero attached hydrogens (tertiary/aromatic N) is 2. The molecular formula is C12H27N3O. The van der Waals surface area contributed by atoms with Gasteiger partial charge in [0.25, 0.3) is 0 Å². The molecule has 1 unspecified atom stereocenters. The van der Waals surface area contributed by atoms with Gasteiger partial charge < -0.3 is 10.9 Å². The topological polar surface area (TPSA) is 61.8 Å². The van der Waals surface area contributed by atoms with Gasteiger partial charge in [0.2, 0.25) is 0 Å². The second-order valence-corrected chi connectivity index (χ2v) is 4.45. The third-order valence-electron chi connectivity index (χ3n) is 3.07. The first kappa shape index (κ1) is 15.2. The molecule has 0 fully saturated rings. The van der Waals surface area contributed by atoms with Crippen molar-refractivity contribution in [2.24, 2.45) is 10.9 Å². The summed E-state index contributed by atoms with van der Waals surface area (Å²) >= 11 is 0. The van der Waals surface area contributed by atoms with Crippen molar-refractivity contribution in [1.82, 2.24) is 4.90 Å². The summed E-state index contributed by atoms with van der Waals surface area (Å²) < 4.78 is 0. The van der Waals surface area contributed by atoms with Crippen molar-refractivity contribution >= 4 is 5.84 Å². The molecule has 3 N–H and O–H groups in total. The van der Waals surface area contributed by atoms with E-state index >= 15 is 0 Å². The number of amidine groups is 1. The maximum Gasteiger partial charge on any atom is 0.156 e. The molecule has 1 atom stereocenters. The summed E-state index contributed by atoms with van der Waals surface area (Å²) in [6, 6.07) is 0.0145. The van der Waals surface area contributed by atoms with E-state index in [2.05, 4.69) is 17.0 Å². The van der Waals surface area contributed by atoms with E-state index in [9.17, 15) is 0 Å². The highest BCUT2D eigenvalue weighted by molar-refractivity contribution is 5.84. The summed E-state index contributed by atoms with van der Waals surface area (Å²) in [4.78, 5) is 2.12. The summed E-state index contributed by atoms with van der Waals surface area (Å²) in [6.45, 7) is 5.18. The fraction of sp³-hybridized carbons (Fsp3) is 0.917. The normalized spacial score (nSPS) is 14.4. The molecule has 0 saturated carbocycles. The Morgan fingerprint density at radius 1 is 1.25 bits per heavy atom. The summed E-state index contributed by atoms with van der Waals surface area (Å²) in [5.41, 5.74) is 5.55. The van der Waals surface area contributed by atoms with E-state index < -0.39 is 0 Å². The zero-order chi connectivity index (χ0) is 12.4. The predicted octanol–water partition coefficient (Wildman–Crippen LogP) is 2.41. The molecule has 0 radical (unpaired) electrons. The van der Waals surface area contributed by atoms with Gasteiger partial charge in [-0.05, 0) is 26.9 Å². The molecule has 16 heavy (non-hydrogen) atoms. The van der Waals surface area contributed by atoms with Gasteiger partial charge in [-0.3, -0.25) is 4.90 Å². The van der Waals surface area contributed by atoms with Gasteiger partial charge >= 0.3 is 0 Å². The van der Waals surface area contributed by atoms with Crippen LogP contribution in [-0.4, -0.2) is 35.6 Å². The monoisotopic (exact) mass is 229 g/mol. The molecular weight excluding hydrogens is 202 g/mol. The Hall–Kier alpha value is -0.770. The van der Waals surface area contributed by atoms with E-state index in [1.807, 2.05) is 14.0 Å². The predicted molar refractivity (Wildman–Crippen MR) is 68.9 cm³/mol. The van der Waals surface area contributed by atoms with Crippen molar-refractivity contribution in [3.8, 4) is 0 Å². The largest absolute Gasteiger partial charge is 0.409 e. The number of oxime groups is 1. The van der Waals surface area contributed by atoms with E-state index in [1.165, 1.54) is 38.5 Å². The molecule has 4 nitrogen and oxygen atoms in total. The minimum Gasteiger partial charge on any atom is -0.409 e. The number of rotatable bonds is 9. The lowest BCUT2D eigenvalue weighted by Crippen LogP contribution is -2.40. The van der Waals surface area contributed by atoms with Crippen molar-refractivity contribution in [3.63, 3.8) is 0 Å². The van der Waals surface area contributed by atoms with Crippen LogP contribution in [0.25, 0.3) is 0 Å². The maximum absolute atomic E-state index is 8.56. The molecule has 0 heterocycles. The van der Waals surface area contributed by atoms with Gasteiger partial charge in [0, 0.05) is 0 Å². The number of unbranched alkanes of at least 4 members (excludes halogenated alkanes) is 5. The summed E-state index contributed by atoms with van der Waals surface area (Å²) in [6.07, 6.45) is 7.75. The molecule has 0 amide bonds. The molecule has 0 saturated heterocycles. The quantitative estimate of drug-likeness (QED) is 0.210. The number of nitrogens with two attached hydrogens (primary N) is 1. The Balaban J connectivity index is 3.53. The van der Waals surface area contributed by atoms with E-state index in [-0.39, 0.29) is 11.9 Å². The summed E-state index contributed by atoms with van der Waals surface area (Å²) in [7, 11) is 2.01. The number of hydrogen-bond donors (Lipinski definition) is 2. The molecule has 0 bridgehead atoms. The highest BCUT2D eigenvalue weighted by Crippen LogP contribution is 2.06. The molecule has 0 aromatic heterocycles. The first-order valence-corrected chi connectivity index (χ1v) is 6.31. The number of hydrogen-bond acceptors (Lipinski definition) is 3. The van der Waals surface area contributed by atoms with E-state index in [0.717, 1.165) is 6.54 Å². The Kier molecular flexibility index (Phi) is 9.00. The number of likely N-dealkylation sites (N-methyl/N-ethyl adjacent to an activating group) is 1. The third-order valence-corrected chi connectivity index (χ3v) is 3.07. The van der Waals surface area contributed by atoms with Crippen LogP contribution in [0.4, 0.5) is 0 Å². The first-order chi connectivity index (χ1) is 7.63. The van der Waals surface area contributed by atoms with Crippen molar-refractivity contribution in [3.05, 3.63) is 0 Å². The van der Waals surface area contributed by atoms with Crippen molar-refractivity contribution in [1.29, 1.82) is 0 Å². The van der Waals surface area contributed by atoms with Crippen LogP contribution in [-0.2, 0) is 0 Å². The second-order valence-electron chi connectivity index (χ2n) is 4.45. The van der Waals surface area contributed by atoms with E-state index in [1.54, 1.807) is 0 Å². The molecule has 96 valence electrons. The van der Waals surface area contributed by atoms with Gasteiger partial charge in [-0.15, -0.1) is 0 Å². The van der Waals surface area contributed by atoms with Gasteiger partial charge in [-0.2, -0.15) is 0 Å². The highest BCUT2D eigenvalue weighted by atomic mass is 16.4. The zero-order valence-electron chi connectivity index (χ0n) is 10.9. The molecule has 4 heteroatoms. The van der Waals surface area contributed by atoms with Crippen LogP contribution in [0.5, 0.6) is 0 Å². The standard InChI is InChI=1S/C12H27N3O/c1-4-5-6-7-8-9-10-15(3)11(2)12(13)14-16/h11,16H,4-10H2,1-3H3,(H2,13,14). The molecule has 0 aromatic rings. The molecule has 0 aliphatic carbocycles. The lowest BCUT2D eigenvalue weighted by atomic mass is 10.1. The highest BCUT2D eigenvalue weighted by Gasteiger charge is 2.12. The SMILES string of the molecule is CCCCCCCCN(C)C(C)C(N)=NO. The molecule has 0 rings (SSSR count). The van der Waals surface area contributed by atoms with Gasteiger partial charge in [-0.25, -0.2) is 0 Å². The summed E-state index contributed by atoms with van der Waals surface area (Å²) in [5, 5.41) is 11.6. The summed E-state index contributed by atoms with van der Waals surface area (Å²) in [5.74, 6) is 0.286. The Bertz CT molecular complexity index is 195. The molecule has 0 aliphatic heterocycles. The van der Waals surface area contributed by atoms with Crippen LogP contribution in [0.3, 0.4) is 0 Å².